The molecule has 0 saturated carbocycles. The van der Waals surface area contributed by atoms with Gasteiger partial charge in [0, 0.05) is 10.8 Å². The fourth-order valence-electron chi connectivity index (χ4n) is 2.59. The number of fused-ring (bicyclic) bond motifs is 1. The molecule has 0 aliphatic rings. The Morgan fingerprint density at radius 1 is 1.08 bits per heavy atom. The van der Waals surface area contributed by atoms with Crippen LogP contribution in [0.25, 0.3) is 16.7 Å². The van der Waals surface area contributed by atoms with Crippen molar-refractivity contribution in [2.45, 2.75) is 17.7 Å². The Morgan fingerprint density at radius 2 is 1.92 bits per heavy atom. The van der Waals surface area contributed by atoms with Crippen molar-refractivity contribution in [3.8, 4) is 5.69 Å². The number of hydrogen-bond donors (Lipinski definition) is 0. The first-order chi connectivity index (χ1) is 12.2. The van der Waals surface area contributed by atoms with Gasteiger partial charge >= 0.3 is 0 Å². The molecule has 0 amide bonds. The van der Waals surface area contributed by atoms with E-state index in [1.807, 2.05) is 41.2 Å². The van der Waals surface area contributed by atoms with E-state index in [1.54, 1.807) is 18.1 Å². The first kappa shape index (κ1) is 16.1. The molecule has 4 nitrogen and oxygen atoms in total. The fraction of sp³-hybridized carbons (Fsp3) is 0.105. The summed E-state index contributed by atoms with van der Waals surface area (Å²) in [6.45, 7) is 2.07. The summed E-state index contributed by atoms with van der Waals surface area (Å²) in [6, 6.07) is 16.1. The smallest absolute Gasteiger partial charge is 0.167 e. The predicted molar refractivity (Wildman–Crippen MR) is 102 cm³/mol. The Bertz CT molecular complexity index is 1030. The van der Waals surface area contributed by atoms with Crippen LogP contribution in [0.2, 0.25) is 5.02 Å². The summed E-state index contributed by atoms with van der Waals surface area (Å²) in [4.78, 5) is 8.86. The van der Waals surface area contributed by atoms with Crippen molar-refractivity contribution in [1.29, 1.82) is 0 Å². The summed E-state index contributed by atoms with van der Waals surface area (Å²) < 4.78 is 1.85. The zero-order chi connectivity index (χ0) is 17.2. The molecule has 0 spiro atoms. The molecule has 124 valence electrons. The molecule has 0 N–H and O–H groups in total. The van der Waals surface area contributed by atoms with E-state index in [2.05, 4.69) is 40.2 Å². The first-order valence-corrected chi connectivity index (χ1v) is 9.20. The number of rotatable bonds is 4. The van der Waals surface area contributed by atoms with E-state index in [-0.39, 0.29) is 0 Å². The summed E-state index contributed by atoms with van der Waals surface area (Å²) in [7, 11) is 0. The molecule has 0 bridgehead atoms. The molecule has 2 aromatic heterocycles. The van der Waals surface area contributed by atoms with Gasteiger partial charge in [0.1, 0.15) is 11.4 Å². The molecule has 0 fully saturated rings. The zero-order valence-electron chi connectivity index (χ0n) is 13.6. The Hall–Kier alpha value is -2.37. The minimum absolute atomic E-state index is 0.748. The van der Waals surface area contributed by atoms with Crippen LogP contribution >= 0.6 is 23.4 Å². The topological polar surface area (TPSA) is 43.6 Å². The Morgan fingerprint density at radius 3 is 2.72 bits per heavy atom. The van der Waals surface area contributed by atoms with Gasteiger partial charge in [-0.1, -0.05) is 41.4 Å². The summed E-state index contributed by atoms with van der Waals surface area (Å²) >= 11 is 7.72. The third kappa shape index (κ3) is 3.38. The zero-order valence-corrected chi connectivity index (χ0v) is 15.1. The minimum atomic E-state index is 0.748. The van der Waals surface area contributed by atoms with Crippen LogP contribution in [0, 0.1) is 6.92 Å². The second kappa shape index (κ2) is 6.86. The average molecular weight is 367 g/mol. The third-order valence-electron chi connectivity index (χ3n) is 3.87. The molecule has 0 saturated heterocycles. The van der Waals surface area contributed by atoms with Crippen molar-refractivity contribution < 1.29 is 0 Å². The molecule has 0 aliphatic carbocycles. The van der Waals surface area contributed by atoms with Crippen LogP contribution in [0.3, 0.4) is 0 Å². The largest absolute Gasteiger partial charge is 0.229 e. The van der Waals surface area contributed by atoms with Gasteiger partial charge in [0.2, 0.25) is 0 Å². The fourth-order valence-corrected chi connectivity index (χ4v) is 3.71. The van der Waals surface area contributed by atoms with Gasteiger partial charge in [-0.05, 0) is 36.8 Å². The summed E-state index contributed by atoms with van der Waals surface area (Å²) in [5.74, 6) is 0.794. The van der Waals surface area contributed by atoms with E-state index in [1.165, 1.54) is 5.56 Å². The number of hydrogen-bond acceptors (Lipinski definition) is 4. The molecule has 4 aromatic rings. The van der Waals surface area contributed by atoms with Gasteiger partial charge < -0.3 is 0 Å². The van der Waals surface area contributed by atoms with Gasteiger partial charge in [-0.2, -0.15) is 5.10 Å². The van der Waals surface area contributed by atoms with Gasteiger partial charge in [-0.25, -0.2) is 14.6 Å². The molecule has 0 atom stereocenters. The molecular formula is C19H15ClN4S. The molecule has 2 heterocycles. The molecule has 0 aliphatic heterocycles. The van der Waals surface area contributed by atoms with Crippen LogP contribution in [0.5, 0.6) is 0 Å². The standard InChI is InChI=1S/C19H15ClN4S/c1-13-5-7-16(8-6-13)24-18-17(10-23-24)19(22-12-21-18)25-11-14-3-2-4-15(20)9-14/h2-10,12H,11H2,1H3. The van der Waals surface area contributed by atoms with Crippen LogP contribution in [0.1, 0.15) is 11.1 Å². The van der Waals surface area contributed by atoms with Crippen molar-refractivity contribution in [3.05, 3.63) is 77.2 Å². The van der Waals surface area contributed by atoms with E-state index in [0.29, 0.717) is 0 Å². The van der Waals surface area contributed by atoms with E-state index in [4.69, 9.17) is 11.6 Å². The van der Waals surface area contributed by atoms with Crippen molar-refractivity contribution in [2.24, 2.45) is 0 Å². The van der Waals surface area contributed by atoms with Gasteiger partial charge in [0.05, 0.1) is 17.3 Å². The summed E-state index contributed by atoms with van der Waals surface area (Å²) in [5, 5.41) is 7.13. The number of benzene rings is 2. The lowest BCUT2D eigenvalue weighted by molar-refractivity contribution is 0.893. The van der Waals surface area contributed by atoms with Crippen LogP contribution in [-0.4, -0.2) is 19.7 Å². The number of aryl methyl sites for hydroxylation is 1. The van der Waals surface area contributed by atoms with E-state index < -0.39 is 0 Å². The molecule has 2 aromatic carbocycles. The van der Waals surface area contributed by atoms with Crippen LogP contribution in [0.15, 0.2) is 66.1 Å². The van der Waals surface area contributed by atoms with Crippen molar-refractivity contribution in [1.82, 2.24) is 19.7 Å². The maximum atomic E-state index is 6.06. The molecule has 0 radical (unpaired) electrons. The van der Waals surface area contributed by atoms with Crippen molar-refractivity contribution >= 4 is 34.4 Å². The molecule has 25 heavy (non-hydrogen) atoms. The van der Waals surface area contributed by atoms with E-state index in [0.717, 1.165) is 38.1 Å². The molecule has 4 rings (SSSR count). The van der Waals surface area contributed by atoms with Gasteiger partial charge in [0.15, 0.2) is 5.65 Å². The average Bonchev–Trinajstić information content (AvgIpc) is 3.05. The lowest BCUT2D eigenvalue weighted by Gasteiger charge is -2.05. The third-order valence-corrected chi connectivity index (χ3v) is 5.18. The van der Waals surface area contributed by atoms with E-state index in [9.17, 15) is 0 Å². The number of aromatic nitrogens is 4. The lowest BCUT2D eigenvalue weighted by Crippen LogP contribution is -1.98. The van der Waals surface area contributed by atoms with Crippen LogP contribution in [-0.2, 0) is 5.75 Å². The monoisotopic (exact) mass is 366 g/mol. The Kier molecular flexibility index (Phi) is 4.42. The number of halogens is 1. The maximum absolute atomic E-state index is 6.06. The van der Waals surface area contributed by atoms with Gasteiger partial charge in [0.25, 0.3) is 0 Å². The normalized spacial score (nSPS) is 11.1. The second-order valence-corrected chi connectivity index (χ2v) is 7.13. The highest BCUT2D eigenvalue weighted by Gasteiger charge is 2.11. The Balaban J connectivity index is 1.66. The Labute approximate surface area is 154 Å². The molecule has 6 heteroatoms. The minimum Gasteiger partial charge on any atom is -0.229 e. The second-order valence-electron chi connectivity index (χ2n) is 5.73. The number of thioether (sulfide) groups is 1. The van der Waals surface area contributed by atoms with Crippen LogP contribution < -0.4 is 0 Å². The first-order valence-electron chi connectivity index (χ1n) is 7.84. The predicted octanol–water partition coefficient (Wildman–Crippen LogP) is 5.07. The lowest BCUT2D eigenvalue weighted by atomic mass is 10.2. The summed E-state index contributed by atoms with van der Waals surface area (Å²) in [5.41, 5.74) is 4.18. The highest BCUT2D eigenvalue weighted by molar-refractivity contribution is 7.98. The van der Waals surface area contributed by atoms with E-state index >= 15 is 0 Å². The van der Waals surface area contributed by atoms with Gasteiger partial charge in [-0.15, -0.1) is 11.8 Å². The molecular weight excluding hydrogens is 352 g/mol. The van der Waals surface area contributed by atoms with Gasteiger partial charge in [-0.3, -0.25) is 0 Å². The highest BCUT2D eigenvalue weighted by atomic mass is 35.5. The van der Waals surface area contributed by atoms with Crippen LogP contribution in [0.4, 0.5) is 0 Å². The highest BCUT2D eigenvalue weighted by Crippen LogP contribution is 2.28. The van der Waals surface area contributed by atoms with Crippen molar-refractivity contribution in [3.63, 3.8) is 0 Å². The SMILES string of the molecule is Cc1ccc(-n2ncc3c(SCc4cccc(Cl)c4)ncnc32)cc1. The summed E-state index contributed by atoms with van der Waals surface area (Å²) in [6.07, 6.45) is 3.42. The van der Waals surface area contributed by atoms with Crippen molar-refractivity contribution in [2.75, 3.05) is 0 Å². The molecule has 0 unspecified atom stereocenters. The maximum Gasteiger partial charge on any atom is 0.167 e. The number of nitrogens with zero attached hydrogens (tertiary/aromatic N) is 4. The quantitative estimate of drug-likeness (QED) is 0.373.